The fourth-order valence-electron chi connectivity index (χ4n) is 7.59. The Balaban J connectivity index is 1.26. The van der Waals surface area contributed by atoms with Gasteiger partial charge in [-0.2, -0.15) is 5.10 Å². The Kier molecular flexibility index (Phi) is 10.1. The highest BCUT2D eigenvalue weighted by atomic mass is 16.5. The number of pyridine rings is 1. The number of rotatable bonds is 12. The second-order valence-electron chi connectivity index (χ2n) is 15.7. The lowest BCUT2D eigenvalue weighted by atomic mass is 9.86. The lowest BCUT2D eigenvalue weighted by Crippen LogP contribution is -2.05. The molecule has 0 aliphatic carbocycles. The Hall–Kier alpha value is -5.16. The molecule has 0 radical (unpaired) electrons. The van der Waals surface area contributed by atoms with Crippen molar-refractivity contribution in [2.45, 2.75) is 92.9 Å². The van der Waals surface area contributed by atoms with Crippen molar-refractivity contribution in [2.75, 3.05) is 0 Å². The molecular weight excluding hydrogens is 637 g/mol. The van der Waals surface area contributed by atoms with E-state index >= 15 is 0 Å². The molecule has 0 saturated heterocycles. The minimum absolute atomic E-state index is 0.361. The van der Waals surface area contributed by atoms with Gasteiger partial charge in [0.15, 0.2) is 0 Å². The third-order valence-corrected chi connectivity index (χ3v) is 10.4. The average Bonchev–Trinajstić information content (AvgIpc) is 3.62. The van der Waals surface area contributed by atoms with Gasteiger partial charge in [0.2, 0.25) is 0 Å². The molecule has 0 bridgehead atoms. The van der Waals surface area contributed by atoms with Crippen molar-refractivity contribution in [3.8, 4) is 34.1 Å². The number of nitrogens with zero attached hydrogens (tertiary/aromatic N) is 4. The molecule has 5 nitrogen and oxygen atoms in total. The Labute approximate surface area is 309 Å². The van der Waals surface area contributed by atoms with Gasteiger partial charge < -0.3 is 4.74 Å². The van der Waals surface area contributed by atoms with Crippen molar-refractivity contribution in [2.24, 2.45) is 5.41 Å². The van der Waals surface area contributed by atoms with Crippen LogP contribution in [-0.2, 0) is 6.42 Å². The molecule has 52 heavy (non-hydrogen) atoms. The van der Waals surface area contributed by atoms with E-state index in [4.69, 9.17) is 14.8 Å². The van der Waals surface area contributed by atoms with E-state index in [1.54, 1.807) is 0 Å². The first-order valence-electron chi connectivity index (χ1n) is 19.0. The molecule has 0 N–H and O–H groups in total. The minimum Gasteiger partial charge on any atom is -0.457 e. The van der Waals surface area contributed by atoms with Crippen molar-refractivity contribution < 1.29 is 4.74 Å². The quantitative estimate of drug-likeness (QED) is 0.128. The maximum absolute atomic E-state index is 6.63. The van der Waals surface area contributed by atoms with E-state index in [1.807, 2.05) is 29.1 Å². The third-order valence-electron chi connectivity index (χ3n) is 10.4. The number of unbranched alkanes of at least 4 members (excludes halogenated alkanes) is 1. The Morgan fingerprint density at radius 3 is 2.37 bits per heavy atom. The van der Waals surface area contributed by atoms with Gasteiger partial charge in [-0.25, -0.2) is 9.67 Å². The van der Waals surface area contributed by atoms with Gasteiger partial charge in [-0.1, -0.05) is 89.9 Å². The summed E-state index contributed by atoms with van der Waals surface area (Å²) in [7, 11) is 0. The van der Waals surface area contributed by atoms with Crippen molar-refractivity contribution in [3.63, 3.8) is 0 Å². The molecule has 0 fully saturated rings. The lowest BCUT2D eigenvalue weighted by molar-refractivity contribution is 0.354. The molecule has 0 aliphatic heterocycles. The first kappa shape index (κ1) is 35.3. The van der Waals surface area contributed by atoms with Gasteiger partial charge in [0.25, 0.3) is 0 Å². The van der Waals surface area contributed by atoms with E-state index in [-0.39, 0.29) is 0 Å². The monoisotopic (exact) mass is 688 g/mol. The molecule has 1 atom stereocenters. The standard InChI is InChI=1S/C47H52N4O/c1-8-9-16-35-25-27-48-45(28-35)50-43-24-21-37(32(2)15-14-26-47(5,6)7)29-42(43)41-23-22-40(31-44(41)50)52-39-20-13-19-38(30-39)51-34(4)46(33(3)49-51)36-17-11-10-12-18-36/h10-13,17-25,27-32H,8-9,14-16,26H2,1-7H3. The summed E-state index contributed by atoms with van der Waals surface area (Å²) in [4.78, 5) is 4.92. The minimum atomic E-state index is 0.361. The maximum atomic E-state index is 6.63. The molecule has 0 aliphatic rings. The number of ether oxygens (including phenoxy) is 1. The molecule has 0 spiro atoms. The highest BCUT2D eigenvalue weighted by Crippen LogP contribution is 2.38. The van der Waals surface area contributed by atoms with Crippen LogP contribution in [0.1, 0.15) is 95.2 Å². The second-order valence-corrected chi connectivity index (χ2v) is 15.7. The summed E-state index contributed by atoms with van der Waals surface area (Å²) in [6.45, 7) is 15.8. The molecule has 1 unspecified atom stereocenters. The van der Waals surface area contributed by atoms with Gasteiger partial charge in [0.05, 0.1) is 22.4 Å². The maximum Gasteiger partial charge on any atom is 0.137 e. The van der Waals surface area contributed by atoms with E-state index in [0.29, 0.717) is 11.3 Å². The van der Waals surface area contributed by atoms with Crippen molar-refractivity contribution >= 4 is 21.8 Å². The smallest absolute Gasteiger partial charge is 0.137 e. The molecule has 266 valence electrons. The van der Waals surface area contributed by atoms with Crippen LogP contribution < -0.4 is 4.74 Å². The summed E-state index contributed by atoms with van der Waals surface area (Å²) >= 11 is 0. The van der Waals surface area contributed by atoms with Crippen LogP contribution in [0.15, 0.2) is 109 Å². The lowest BCUT2D eigenvalue weighted by Gasteiger charge is -2.19. The second kappa shape index (κ2) is 14.8. The van der Waals surface area contributed by atoms with Crippen LogP contribution in [0.25, 0.3) is 44.4 Å². The normalized spacial score (nSPS) is 12.5. The molecule has 5 heteroatoms. The molecular formula is C47H52N4O. The summed E-state index contributed by atoms with van der Waals surface area (Å²) in [5.74, 6) is 2.98. The SMILES string of the molecule is CCCCc1ccnc(-n2c3ccc(C(C)CCCC(C)(C)C)cc3c3ccc(Oc4cccc(-n5nc(C)c(-c6ccccc6)c5C)c4)cc32)c1. The largest absolute Gasteiger partial charge is 0.457 e. The topological polar surface area (TPSA) is 44.9 Å². The molecule has 3 aromatic heterocycles. The van der Waals surface area contributed by atoms with Crippen LogP contribution in [0, 0.1) is 19.3 Å². The Bertz CT molecular complexity index is 2320. The van der Waals surface area contributed by atoms with Crippen molar-refractivity contribution in [3.05, 3.63) is 132 Å². The first-order valence-corrected chi connectivity index (χ1v) is 19.0. The number of benzene rings is 4. The highest BCUT2D eigenvalue weighted by Gasteiger charge is 2.19. The molecule has 7 aromatic rings. The van der Waals surface area contributed by atoms with Crippen molar-refractivity contribution in [1.82, 2.24) is 19.3 Å². The zero-order chi connectivity index (χ0) is 36.4. The molecule has 7 rings (SSSR count). The third kappa shape index (κ3) is 7.41. The Morgan fingerprint density at radius 2 is 1.58 bits per heavy atom. The molecule has 3 heterocycles. The van der Waals surface area contributed by atoms with E-state index < -0.39 is 0 Å². The van der Waals surface area contributed by atoms with Gasteiger partial charge in [-0.3, -0.25) is 4.57 Å². The van der Waals surface area contributed by atoms with Crippen LogP contribution in [0.3, 0.4) is 0 Å². The number of hydrogen-bond acceptors (Lipinski definition) is 3. The fraction of sp³-hybridized carbons (Fsp3) is 0.319. The number of aryl methyl sites for hydroxylation is 2. The van der Waals surface area contributed by atoms with Crippen LogP contribution in [0.2, 0.25) is 0 Å². The van der Waals surface area contributed by atoms with Gasteiger partial charge in [0.1, 0.15) is 17.3 Å². The van der Waals surface area contributed by atoms with Crippen LogP contribution in [0.5, 0.6) is 11.5 Å². The van der Waals surface area contributed by atoms with Gasteiger partial charge in [-0.15, -0.1) is 0 Å². The number of fused-ring (bicyclic) bond motifs is 3. The molecule has 0 saturated carbocycles. The van der Waals surface area contributed by atoms with Crippen LogP contribution in [-0.4, -0.2) is 19.3 Å². The Morgan fingerprint density at radius 1 is 0.769 bits per heavy atom. The predicted molar refractivity (Wildman–Crippen MR) is 217 cm³/mol. The van der Waals surface area contributed by atoms with Crippen LogP contribution in [0.4, 0.5) is 0 Å². The molecule has 0 amide bonds. The fourth-order valence-corrected chi connectivity index (χ4v) is 7.59. The summed E-state index contributed by atoms with van der Waals surface area (Å²) in [6, 6.07) is 36.6. The molecule has 4 aromatic carbocycles. The summed E-state index contributed by atoms with van der Waals surface area (Å²) in [5.41, 5.74) is 10.7. The summed E-state index contributed by atoms with van der Waals surface area (Å²) in [6.07, 6.45) is 8.98. The highest BCUT2D eigenvalue weighted by molar-refractivity contribution is 6.09. The summed E-state index contributed by atoms with van der Waals surface area (Å²) in [5, 5.41) is 7.40. The van der Waals surface area contributed by atoms with Crippen LogP contribution >= 0.6 is 0 Å². The van der Waals surface area contributed by atoms with E-state index in [2.05, 4.69) is 138 Å². The zero-order valence-corrected chi connectivity index (χ0v) is 31.9. The van der Waals surface area contributed by atoms with E-state index in [1.165, 1.54) is 64.2 Å². The van der Waals surface area contributed by atoms with Gasteiger partial charge in [0, 0.05) is 40.4 Å². The van der Waals surface area contributed by atoms with E-state index in [0.717, 1.165) is 52.8 Å². The van der Waals surface area contributed by atoms with Crippen molar-refractivity contribution in [1.29, 1.82) is 0 Å². The predicted octanol–water partition coefficient (Wildman–Crippen LogP) is 13.1. The van der Waals surface area contributed by atoms with Gasteiger partial charge >= 0.3 is 0 Å². The summed E-state index contributed by atoms with van der Waals surface area (Å²) < 4.78 is 11.0. The van der Waals surface area contributed by atoms with E-state index in [9.17, 15) is 0 Å². The average molecular weight is 689 g/mol. The number of aromatic nitrogens is 4. The number of hydrogen-bond donors (Lipinski definition) is 0. The van der Waals surface area contributed by atoms with Gasteiger partial charge in [-0.05, 0) is 116 Å². The zero-order valence-electron chi connectivity index (χ0n) is 31.9. The first-order chi connectivity index (χ1) is 25.1.